The lowest BCUT2D eigenvalue weighted by atomic mass is 10.0. The fourth-order valence-electron chi connectivity index (χ4n) is 8.47. The lowest BCUT2D eigenvalue weighted by Crippen LogP contribution is -2.40. The molecule has 1 amide bonds. The molecule has 2 aromatic heterocycles. The van der Waals surface area contributed by atoms with E-state index in [-0.39, 0.29) is 18.6 Å². The first-order valence-corrected chi connectivity index (χ1v) is 23.2. The summed E-state index contributed by atoms with van der Waals surface area (Å²) in [5, 5.41) is 6.45. The van der Waals surface area contributed by atoms with Gasteiger partial charge in [-0.2, -0.15) is 0 Å². The quantitative estimate of drug-likeness (QED) is 0.126. The van der Waals surface area contributed by atoms with Crippen LogP contribution in [0.25, 0.3) is 44.1 Å². The zero-order chi connectivity index (χ0) is 48.2. The molecule has 4 atom stereocenters. The molecule has 2 aliphatic heterocycles. The first kappa shape index (κ1) is 49.9. The van der Waals surface area contributed by atoms with Crippen LogP contribution in [0.1, 0.15) is 45.3 Å². The largest absolute Gasteiger partial charge is 0.495 e. The summed E-state index contributed by atoms with van der Waals surface area (Å²) in [5.41, 5.74) is 3.76. The molecule has 2 aliphatic rings. The summed E-state index contributed by atoms with van der Waals surface area (Å²) >= 11 is 26.3. The maximum Gasteiger partial charge on any atom is 0.410 e. The Kier molecular flexibility index (Phi) is 16.0. The number of nitrogens with one attached hydrogen (secondary N) is 1. The number of likely N-dealkylation sites (tertiary alicyclic amines) is 1. The second-order valence-electron chi connectivity index (χ2n) is 17.5. The number of methoxy groups -OCH3 is 4. The number of rotatable bonds is 12. The molecule has 0 bridgehead atoms. The maximum absolute atomic E-state index is 13.7. The SMILES string of the molecule is COc1cc(OC)c(Cl)c(-c2ccc3nc(C[C@@H]4CN[C@H](CF)C4)ncc3c2)c1Cl.COc1cc(OC)c(Cl)c(-c2ccc3nc(C[C@H]4C[C@@H](CF)N(C(=O)OC(C)(C)C)C4)ncc3c2)c1Cl. The van der Waals surface area contributed by atoms with Crippen LogP contribution >= 0.6 is 46.4 Å². The summed E-state index contributed by atoms with van der Waals surface area (Å²) in [6, 6.07) is 14.2. The summed E-state index contributed by atoms with van der Waals surface area (Å²) < 4.78 is 53.4. The number of benzene rings is 4. The normalized spacial score (nSPS) is 18.2. The van der Waals surface area contributed by atoms with E-state index in [4.69, 9.17) is 75.1 Å². The average Bonchev–Trinajstić information content (AvgIpc) is 3.95. The number of nitrogens with zero attached hydrogens (tertiary/aromatic N) is 5. The Morgan fingerprint density at radius 1 is 0.687 bits per heavy atom. The number of amides is 1. The number of hydrogen-bond donors (Lipinski definition) is 1. The molecule has 0 saturated carbocycles. The van der Waals surface area contributed by atoms with Gasteiger partial charge in [0, 0.05) is 71.9 Å². The van der Waals surface area contributed by atoms with Crippen LogP contribution in [0.2, 0.25) is 20.1 Å². The van der Waals surface area contributed by atoms with Gasteiger partial charge in [0.25, 0.3) is 0 Å². The van der Waals surface area contributed by atoms with Gasteiger partial charge in [-0.25, -0.2) is 33.5 Å². The van der Waals surface area contributed by atoms with E-state index in [1.165, 1.54) is 19.1 Å². The summed E-state index contributed by atoms with van der Waals surface area (Å²) in [7, 11) is 6.15. The number of fused-ring (bicyclic) bond motifs is 2. The molecule has 356 valence electrons. The predicted molar refractivity (Wildman–Crippen MR) is 260 cm³/mol. The van der Waals surface area contributed by atoms with Crippen molar-refractivity contribution in [2.75, 3.05) is 54.9 Å². The molecule has 4 heterocycles. The summed E-state index contributed by atoms with van der Waals surface area (Å²) in [6.07, 6.45) is 5.65. The van der Waals surface area contributed by atoms with E-state index in [1.807, 2.05) is 36.4 Å². The van der Waals surface area contributed by atoms with Crippen LogP contribution in [-0.2, 0) is 17.6 Å². The van der Waals surface area contributed by atoms with Crippen molar-refractivity contribution >= 4 is 74.3 Å². The zero-order valence-corrected chi connectivity index (χ0v) is 41.2. The lowest BCUT2D eigenvalue weighted by molar-refractivity contribution is 0.0203. The number of carbonyl (C=O) groups excluding carboxylic acids is 1. The van der Waals surface area contributed by atoms with E-state index >= 15 is 0 Å². The summed E-state index contributed by atoms with van der Waals surface area (Å²) in [5.74, 6) is 3.65. The maximum atomic E-state index is 13.7. The van der Waals surface area contributed by atoms with Crippen LogP contribution in [0.4, 0.5) is 13.6 Å². The molecule has 12 nitrogen and oxygen atoms in total. The lowest BCUT2D eigenvalue weighted by Gasteiger charge is -2.27. The fraction of sp³-hybridized carbons (Fsp3) is 0.408. The average molecular weight is 1000 g/mol. The van der Waals surface area contributed by atoms with Gasteiger partial charge < -0.3 is 33.9 Å². The van der Waals surface area contributed by atoms with E-state index < -0.39 is 24.4 Å². The minimum Gasteiger partial charge on any atom is -0.495 e. The van der Waals surface area contributed by atoms with Gasteiger partial charge in [0.15, 0.2) is 0 Å². The molecule has 67 heavy (non-hydrogen) atoms. The van der Waals surface area contributed by atoms with Crippen molar-refractivity contribution in [2.24, 2.45) is 11.8 Å². The highest BCUT2D eigenvalue weighted by molar-refractivity contribution is 6.42. The van der Waals surface area contributed by atoms with Crippen LogP contribution < -0.4 is 24.3 Å². The Bertz CT molecular complexity index is 2710. The Labute approximate surface area is 408 Å². The second kappa shape index (κ2) is 21.5. The molecular weight excluding hydrogens is 948 g/mol. The highest BCUT2D eigenvalue weighted by Gasteiger charge is 2.38. The number of carbonyl (C=O) groups is 1. The minimum absolute atomic E-state index is 0.0341. The van der Waals surface area contributed by atoms with Crippen LogP contribution in [0.15, 0.2) is 60.9 Å². The van der Waals surface area contributed by atoms with Gasteiger partial charge >= 0.3 is 6.09 Å². The third-order valence-corrected chi connectivity index (χ3v) is 13.2. The number of ether oxygens (including phenoxy) is 5. The van der Waals surface area contributed by atoms with E-state index in [2.05, 4.69) is 20.3 Å². The van der Waals surface area contributed by atoms with E-state index in [0.29, 0.717) is 85.3 Å². The van der Waals surface area contributed by atoms with Crippen molar-refractivity contribution in [3.05, 3.63) is 92.7 Å². The van der Waals surface area contributed by atoms with Gasteiger partial charge in [0.05, 0.1) is 65.6 Å². The molecule has 6 aromatic rings. The monoisotopic (exact) mass is 998 g/mol. The Balaban J connectivity index is 0.000000203. The fourth-order valence-corrected chi connectivity index (χ4v) is 9.91. The van der Waals surface area contributed by atoms with Crippen LogP contribution in [-0.4, -0.2) is 103 Å². The topological polar surface area (TPSA) is 130 Å². The standard InChI is InChI=1S/C27H30Cl2FN3O4.C22H22Cl2FN3O2/c1-27(2,3)37-26(34)33-14-15(8-18(33)12-30)9-22-31-13-17-10-16(6-7-19(17)32-22)23-24(28)20(35-4)11-21(36-5)25(23)29;1-29-17-8-18(30-2)22(24)20(21(17)23)13-3-4-16-14(7-13)11-27-19(28-16)6-12-5-15(9-25)26-10-12/h6-7,10-11,13,15,18H,8-9,12,14H2,1-5H3;3-4,7-8,11-12,15,26H,5-6,9-10H2,1-2H3/t15-,18+;12-,15+/m11/s1. The van der Waals surface area contributed by atoms with Crippen LogP contribution in [0.3, 0.4) is 0 Å². The van der Waals surface area contributed by atoms with E-state index in [0.717, 1.165) is 58.1 Å². The minimum atomic E-state index is -0.638. The number of alkyl halides is 2. The van der Waals surface area contributed by atoms with Gasteiger partial charge in [-0.15, -0.1) is 0 Å². The van der Waals surface area contributed by atoms with Gasteiger partial charge in [0.1, 0.15) is 53.6 Å². The molecule has 4 aromatic carbocycles. The zero-order valence-electron chi connectivity index (χ0n) is 38.2. The molecule has 2 fully saturated rings. The van der Waals surface area contributed by atoms with Crippen molar-refractivity contribution in [2.45, 2.75) is 64.1 Å². The Hall–Kier alpha value is -4.99. The van der Waals surface area contributed by atoms with Crippen LogP contribution in [0.5, 0.6) is 23.0 Å². The predicted octanol–water partition coefficient (Wildman–Crippen LogP) is 11.9. The highest BCUT2D eigenvalue weighted by Crippen LogP contribution is 2.48. The van der Waals surface area contributed by atoms with Crippen molar-refractivity contribution in [3.8, 4) is 45.3 Å². The molecule has 0 spiro atoms. The van der Waals surface area contributed by atoms with Gasteiger partial charge in [-0.1, -0.05) is 58.5 Å². The molecule has 18 heteroatoms. The first-order chi connectivity index (χ1) is 32.1. The third kappa shape index (κ3) is 11.3. The van der Waals surface area contributed by atoms with E-state index in [9.17, 15) is 13.6 Å². The third-order valence-electron chi connectivity index (χ3n) is 11.7. The van der Waals surface area contributed by atoms with Crippen LogP contribution in [0, 0.1) is 11.8 Å². The molecule has 1 N–H and O–H groups in total. The highest BCUT2D eigenvalue weighted by atomic mass is 35.5. The van der Waals surface area contributed by atoms with Crippen molar-refractivity contribution in [3.63, 3.8) is 0 Å². The van der Waals surface area contributed by atoms with E-state index in [1.54, 1.807) is 59.5 Å². The van der Waals surface area contributed by atoms with Crippen molar-refractivity contribution in [1.29, 1.82) is 0 Å². The summed E-state index contributed by atoms with van der Waals surface area (Å²) in [4.78, 5) is 32.5. The molecule has 0 aliphatic carbocycles. The number of halogens is 6. The molecular formula is C49H52Cl4F2N6O6. The smallest absolute Gasteiger partial charge is 0.410 e. The number of hydrogen-bond acceptors (Lipinski definition) is 11. The molecule has 0 unspecified atom stereocenters. The molecule has 8 rings (SSSR count). The van der Waals surface area contributed by atoms with Crippen molar-refractivity contribution < 1.29 is 37.3 Å². The second-order valence-corrected chi connectivity index (χ2v) is 19.0. The molecule has 2 saturated heterocycles. The first-order valence-electron chi connectivity index (χ1n) is 21.6. The Morgan fingerprint density at radius 3 is 1.55 bits per heavy atom. The summed E-state index contributed by atoms with van der Waals surface area (Å²) in [6.45, 7) is 5.63. The Morgan fingerprint density at radius 2 is 1.15 bits per heavy atom. The van der Waals surface area contributed by atoms with Gasteiger partial charge in [-0.3, -0.25) is 0 Å². The van der Waals surface area contributed by atoms with Crippen molar-refractivity contribution in [1.82, 2.24) is 30.2 Å². The number of aromatic nitrogens is 4. The molecule has 0 radical (unpaired) electrons. The van der Waals surface area contributed by atoms with Gasteiger partial charge in [0.2, 0.25) is 0 Å². The van der Waals surface area contributed by atoms with Gasteiger partial charge in [-0.05, 0) is 87.4 Å².